The second-order valence-corrected chi connectivity index (χ2v) is 8.29. The van der Waals surface area contributed by atoms with E-state index in [-0.39, 0.29) is 23.8 Å². The molecule has 1 aliphatic rings. The second kappa shape index (κ2) is 9.03. The molecule has 0 bridgehead atoms. The number of nitrogens with one attached hydrogen (secondary N) is 1. The van der Waals surface area contributed by atoms with E-state index in [1.54, 1.807) is 23.5 Å². The van der Waals surface area contributed by atoms with E-state index in [2.05, 4.69) is 32.2 Å². The van der Waals surface area contributed by atoms with Crippen LogP contribution in [0.15, 0.2) is 46.2 Å². The molecule has 1 aromatic carbocycles. The van der Waals surface area contributed by atoms with Gasteiger partial charge in [-0.15, -0.1) is 21.5 Å². The van der Waals surface area contributed by atoms with Gasteiger partial charge in [0.05, 0.1) is 17.0 Å². The molecule has 1 amide bonds. The van der Waals surface area contributed by atoms with Crippen LogP contribution in [-0.4, -0.2) is 58.1 Å². The van der Waals surface area contributed by atoms with Crippen molar-refractivity contribution in [3.63, 3.8) is 0 Å². The van der Waals surface area contributed by atoms with Crippen molar-refractivity contribution in [2.75, 3.05) is 31.5 Å². The summed E-state index contributed by atoms with van der Waals surface area (Å²) in [6.07, 6.45) is 0. The molecule has 30 heavy (non-hydrogen) atoms. The van der Waals surface area contributed by atoms with Crippen molar-refractivity contribution >= 4 is 22.9 Å². The Hall–Kier alpha value is -2.62. The summed E-state index contributed by atoms with van der Waals surface area (Å²) in [5.41, 5.74) is 0.469. The van der Waals surface area contributed by atoms with Crippen LogP contribution in [-0.2, 0) is 4.79 Å². The molecule has 4 rings (SSSR count). The predicted molar refractivity (Wildman–Crippen MR) is 114 cm³/mol. The molecule has 3 aromatic rings. The van der Waals surface area contributed by atoms with Gasteiger partial charge in [0, 0.05) is 31.9 Å². The summed E-state index contributed by atoms with van der Waals surface area (Å²) in [6.45, 7) is 6.99. The Morgan fingerprint density at radius 3 is 2.60 bits per heavy atom. The number of halogens is 1. The first kappa shape index (κ1) is 20.6. The van der Waals surface area contributed by atoms with Crippen molar-refractivity contribution in [2.24, 2.45) is 0 Å². The lowest BCUT2D eigenvalue weighted by Crippen LogP contribution is -2.53. The van der Waals surface area contributed by atoms with Crippen LogP contribution in [0.5, 0.6) is 0 Å². The van der Waals surface area contributed by atoms with Crippen LogP contribution in [0.3, 0.4) is 0 Å². The highest BCUT2D eigenvalue weighted by molar-refractivity contribution is 7.13. The number of piperazine rings is 1. The van der Waals surface area contributed by atoms with E-state index in [0.717, 1.165) is 31.1 Å². The summed E-state index contributed by atoms with van der Waals surface area (Å²) in [4.78, 5) is 17.9. The number of benzene rings is 1. The SMILES string of the molecule is CC(C(=O)Nc1cccc(F)c1)N1CCN(C(C)c2nnc(-c3cccs3)o2)CC1. The minimum absolute atomic E-state index is 0.00443. The van der Waals surface area contributed by atoms with Gasteiger partial charge in [0.2, 0.25) is 11.8 Å². The number of thiophene rings is 1. The summed E-state index contributed by atoms with van der Waals surface area (Å²) in [5.74, 6) is 0.641. The van der Waals surface area contributed by atoms with Gasteiger partial charge in [0.1, 0.15) is 5.82 Å². The van der Waals surface area contributed by atoms with Crippen molar-refractivity contribution in [3.05, 3.63) is 53.5 Å². The van der Waals surface area contributed by atoms with E-state index in [9.17, 15) is 9.18 Å². The molecule has 1 saturated heterocycles. The second-order valence-electron chi connectivity index (χ2n) is 7.35. The molecule has 2 aromatic heterocycles. The molecule has 1 fully saturated rings. The summed E-state index contributed by atoms with van der Waals surface area (Å²) >= 11 is 1.57. The molecule has 0 aliphatic carbocycles. The van der Waals surface area contributed by atoms with E-state index in [1.807, 2.05) is 24.4 Å². The lowest BCUT2D eigenvalue weighted by atomic mass is 10.1. The number of carbonyl (C=O) groups excluding carboxylic acids is 1. The van der Waals surface area contributed by atoms with Crippen LogP contribution < -0.4 is 5.32 Å². The average Bonchev–Trinajstić information content (AvgIpc) is 3.44. The Bertz CT molecular complexity index is 985. The number of rotatable bonds is 6. The molecule has 0 spiro atoms. The number of carbonyl (C=O) groups is 1. The predicted octanol–water partition coefficient (Wildman–Crippen LogP) is 3.64. The van der Waals surface area contributed by atoms with Gasteiger partial charge in [-0.3, -0.25) is 14.6 Å². The fraction of sp³-hybridized carbons (Fsp3) is 0.381. The molecule has 2 atom stereocenters. The van der Waals surface area contributed by atoms with Crippen LogP contribution in [0.1, 0.15) is 25.8 Å². The van der Waals surface area contributed by atoms with Crippen LogP contribution in [0.25, 0.3) is 10.8 Å². The van der Waals surface area contributed by atoms with Gasteiger partial charge in [-0.25, -0.2) is 4.39 Å². The Balaban J connectivity index is 1.31. The number of hydrogen-bond acceptors (Lipinski definition) is 7. The van der Waals surface area contributed by atoms with Crippen LogP contribution in [0, 0.1) is 5.82 Å². The smallest absolute Gasteiger partial charge is 0.257 e. The Kier molecular flexibility index (Phi) is 6.21. The van der Waals surface area contributed by atoms with Gasteiger partial charge in [0.15, 0.2) is 0 Å². The van der Waals surface area contributed by atoms with Crippen molar-refractivity contribution in [3.8, 4) is 10.8 Å². The molecule has 0 radical (unpaired) electrons. The number of amides is 1. The number of anilines is 1. The standard InChI is InChI=1S/C21H24FN5O2S/c1-14(19(28)23-17-6-3-5-16(22)13-17)26-8-10-27(11-9-26)15(2)20-24-25-21(29-20)18-7-4-12-30-18/h3-7,12-15H,8-11H2,1-2H3,(H,23,28). The van der Waals surface area contributed by atoms with Gasteiger partial charge in [-0.2, -0.15) is 0 Å². The van der Waals surface area contributed by atoms with Crippen LogP contribution in [0.4, 0.5) is 10.1 Å². The molecule has 3 heterocycles. The van der Waals surface area contributed by atoms with Gasteiger partial charge in [0.25, 0.3) is 5.89 Å². The van der Waals surface area contributed by atoms with Crippen LogP contribution >= 0.6 is 11.3 Å². The molecule has 158 valence electrons. The Morgan fingerprint density at radius 1 is 1.13 bits per heavy atom. The molecule has 0 saturated carbocycles. The first-order valence-corrected chi connectivity index (χ1v) is 10.8. The number of nitrogens with zero attached hydrogens (tertiary/aromatic N) is 4. The zero-order chi connectivity index (χ0) is 21.1. The highest BCUT2D eigenvalue weighted by Crippen LogP contribution is 2.27. The molecule has 9 heteroatoms. The van der Waals surface area contributed by atoms with Gasteiger partial charge in [-0.1, -0.05) is 12.1 Å². The topological polar surface area (TPSA) is 74.5 Å². The highest BCUT2D eigenvalue weighted by Gasteiger charge is 2.29. The van der Waals surface area contributed by atoms with E-state index in [4.69, 9.17) is 4.42 Å². The first-order valence-electron chi connectivity index (χ1n) is 9.93. The molecular weight excluding hydrogens is 405 g/mol. The molecule has 1 aliphatic heterocycles. The summed E-state index contributed by atoms with van der Waals surface area (Å²) < 4.78 is 19.2. The van der Waals surface area contributed by atoms with E-state index >= 15 is 0 Å². The van der Waals surface area contributed by atoms with Gasteiger partial charge >= 0.3 is 0 Å². The molecular formula is C21H24FN5O2S. The monoisotopic (exact) mass is 429 g/mol. The third-order valence-electron chi connectivity index (χ3n) is 5.45. The zero-order valence-electron chi connectivity index (χ0n) is 16.9. The van der Waals surface area contributed by atoms with Crippen molar-refractivity contribution in [1.29, 1.82) is 0 Å². The van der Waals surface area contributed by atoms with Crippen LogP contribution in [0.2, 0.25) is 0 Å². The maximum Gasteiger partial charge on any atom is 0.257 e. The summed E-state index contributed by atoms with van der Waals surface area (Å²) in [6, 6.07) is 9.55. The minimum atomic E-state index is -0.369. The van der Waals surface area contributed by atoms with E-state index in [1.165, 1.54) is 12.1 Å². The van der Waals surface area contributed by atoms with Crippen molar-refractivity contribution < 1.29 is 13.6 Å². The van der Waals surface area contributed by atoms with E-state index < -0.39 is 0 Å². The highest BCUT2D eigenvalue weighted by atomic mass is 32.1. The van der Waals surface area contributed by atoms with Gasteiger partial charge < -0.3 is 9.73 Å². The number of hydrogen-bond donors (Lipinski definition) is 1. The summed E-state index contributed by atoms with van der Waals surface area (Å²) in [5, 5.41) is 13.2. The molecule has 7 nitrogen and oxygen atoms in total. The van der Waals surface area contributed by atoms with Gasteiger partial charge in [-0.05, 0) is 43.5 Å². The lowest BCUT2D eigenvalue weighted by molar-refractivity contribution is -0.121. The number of aromatic nitrogens is 2. The third kappa shape index (κ3) is 4.58. The average molecular weight is 430 g/mol. The zero-order valence-corrected chi connectivity index (χ0v) is 17.7. The normalized spacial score (nSPS) is 17.6. The molecule has 1 N–H and O–H groups in total. The van der Waals surface area contributed by atoms with E-state index in [0.29, 0.717) is 17.5 Å². The minimum Gasteiger partial charge on any atom is -0.418 e. The van der Waals surface area contributed by atoms with Crippen molar-refractivity contribution in [2.45, 2.75) is 25.9 Å². The Morgan fingerprint density at radius 2 is 1.90 bits per heavy atom. The quantitative estimate of drug-likeness (QED) is 0.645. The third-order valence-corrected chi connectivity index (χ3v) is 6.30. The lowest BCUT2D eigenvalue weighted by Gasteiger charge is -2.39. The summed E-state index contributed by atoms with van der Waals surface area (Å²) in [7, 11) is 0. The maximum absolute atomic E-state index is 13.3. The first-order chi connectivity index (χ1) is 14.5. The Labute approximate surface area is 178 Å². The fourth-order valence-corrected chi connectivity index (χ4v) is 4.19. The maximum atomic E-state index is 13.3. The molecule has 2 unspecified atom stereocenters. The fourth-order valence-electron chi connectivity index (χ4n) is 3.55. The largest absolute Gasteiger partial charge is 0.418 e. The van der Waals surface area contributed by atoms with Crippen molar-refractivity contribution in [1.82, 2.24) is 20.0 Å².